The van der Waals surface area contributed by atoms with Crippen LogP contribution in [0.2, 0.25) is 0 Å². The third-order valence-electron chi connectivity index (χ3n) is 2.11. The van der Waals surface area contributed by atoms with Crippen molar-refractivity contribution in [2.45, 2.75) is 17.6 Å². The normalized spacial score (nSPS) is 12.2. The smallest absolute Gasteiger partial charge is 0.326 e. The Kier molecular flexibility index (Phi) is 3.90. The van der Waals surface area contributed by atoms with Crippen molar-refractivity contribution >= 4 is 19.7 Å². The van der Waals surface area contributed by atoms with Crippen LogP contribution >= 0.6 is 10.7 Å². The summed E-state index contributed by atoms with van der Waals surface area (Å²) in [6.07, 6.45) is -4.85. The molecule has 0 atom stereocenters. The Balaban J connectivity index is 3.72. The van der Waals surface area contributed by atoms with Gasteiger partial charge in [0, 0.05) is 17.2 Å². The molecule has 1 rings (SSSR count). The van der Waals surface area contributed by atoms with Crippen molar-refractivity contribution < 1.29 is 21.6 Å². The molecule has 0 heterocycles. The highest BCUT2D eigenvalue weighted by Crippen LogP contribution is 2.35. The highest BCUT2D eigenvalue weighted by Gasteiger charge is 2.35. The van der Waals surface area contributed by atoms with E-state index in [1.807, 2.05) is 0 Å². The molecule has 4 nitrogen and oxygen atoms in total. The summed E-state index contributed by atoms with van der Waals surface area (Å²) in [7, 11) is 0.656. The summed E-state index contributed by atoms with van der Waals surface area (Å²) < 4.78 is 60.2. The molecule has 0 saturated carbocycles. The highest BCUT2D eigenvalue weighted by molar-refractivity contribution is 8.13. The van der Waals surface area contributed by atoms with Crippen LogP contribution in [0.15, 0.2) is 17.0 Å². The average Bonchev–Trinajstić information content (AvgIpc) is 2.24. The lowest BCUT2D eigenvalue weighted by molar-refractivity contribution is -0.137. The fourth-order valence-corrected chi connectivity index (χ4v) is 2.48. The quantitative estimate of drug-likeness (QED) is 0.846. The lowest BCUT2D eigenvalue weighted by atomic mass is 10.0. The molecule has 9 heteroatoms. The van der Waals surface area contributed by atoms with E-state index in [-0.39, 0.29) is 12.1 Å². The number of hydrogen-bond acceptors (Lipinski definition) is 4. The van der Waals surface area contributed by atoms with E-state index >= 15 is 0 Å². The summed E-state index contributed by atoms with van der Waals surface area (Å²) in [6, 6.07) is 2.44. The molecule has 0 amide bonds. The van der Waals surface area contributed by atoms with E-state index in [1.165, 1.54) is 6.07 Å². The lowest BCUT2D eigenvalue weighted by Crippen LogP contribution is -2.12. The van der Waals surface area contributed by atoms with Gasteiger partial charge in [-0.3, -0.25) is 0 Å². The largest absolute Gasteiger partial charge is 0.417 e. The molecule has 1 aromatic rings. The second-order valence-corrected chi connectivity index (χ2v) is 5.79. The maximum atomic E-state index is 12.6. The van der Waals surface area contributed by atoms with Gasteiger partial charge >= 0.3 is 6.18 Å². The lowest BCUT2D eigenvalue weighted by Gasteiger charge is -2.12. The van der Waals surface area contributed by atoms with Crippen LogP contribution in [0.25, 0.3) is 0 Å². The number of halogens is 4. The zero-order valence-corrected chi connectivity index (χ0v) is 10.2. The Morgan fingerprint density at radius 2 is 1.94 bits per heavy atom. The molecule has 98 valence electrons. The first-order valence-electron chi connectivity index (χ1n) is 4.40. The molecule has 0 aromatic heterocycles. The third kappa shape index (κ3) is 2.93. The monoisotopic (exact) mass is 298 g/mol. The molecular formula is C9H6ClF3N2O2S. The molecule has 0 aliphatic carbocycles. The third-order valence-corrected chi connectivity index (χ3v) is 3.51. The Labute approximate surface area is 105 Å². The maximum absolute atomic E-state index is 12.6. The van der Waals surface area contributed by atoms with E-state index in [0.29, 0.717) is 6.07 Å². The molecule has 0 unspecified atom stereocenters. The number of nitrogens with two attached hydrogens (primary N) is 1. The summed E-state index contributed by atoms with van der Waals surface area (Å²) in [5, 5.41) is 8.62. The van der Waals surface area contributed by atoms with Gasteiger partial charge in [0.1, 0.15) is 0 Å². The van der Waals surface area contributed by atoms with Crippen LogP contribution in [0, 0.1) is 11.3 Å². The molecule has 0 aliphatic rings. The molecule has 0 bridgehead atoms. The van der Waals surface area contributed by atoms with Crippen LogP contribution in [-0.2, 0) is 21.8 Å². The average molecular weight is 299 g/mol. The van der Waals surface area contributed by atoms with Crippen molar-refractivity contribution in [2.75, 3.05) is 0 Å². The fraction of sp³-hybridized carbons (Fsp3) is 0.222. The number of rotatable bonds is 2. The topological polar surface area (TPSA) is 83.9 Å². The predicted octanol–water partition coefficient (Wildman–Crippen LogP) is 1.96. The van der Waals surface area contributed by atoms with E-state index in [4.69, 9.17) is 21.7 Å². The molecule has 1 aromatic carbocycles. The highest BCUT2D eigenvalue weighted by atomic mass is 35.7. The number of nitrogens with zero attached hydrogens (tertiary/aromatic N) is 1. The zero-order chi connectivity index (χ0) is 14.1. The van der Waals surface area contributed by atoms with Gasteiger partial charge in [0.2, 0.25) is 0 Å². The fourth-order valence-electron chi connectivity index (χ4n) is 1.34. The van der Waals surface area contributed by atoms with Gasteiger partial charge in [-0.15, -0.1) is 0 Å². The summed E-state index contributed by atoms with van der Waals surface area (Å²) >= 11 is 0. The van der Waals surface area contributed by atoms with Gasteiger partial charge in [0.05, 0.1) is 22.1 Å². The Bertz CT molecular complexity index is 620. The molecular weight excluding hydrogens is 293 g/mol. The first-order chi connectivity index (χ1) is 8.11. The van der Waals surface area contributed by atoms with Crippen molar-refractivity contribution in [3.63, 3.8) is 0 Å². The SMILES string of the molecule is N#Cc1cc(CN)c(S(=O)(=O)Cl)cc1C(F)(F)F. The van der Waals surface area contributed by atoms with Gasteiger partial charge in [-0.1, -0.05) is 0 Å². The first-order valence-corrected chi connectivity index (χ1v) is 6.71. The number of benzene rings is 1. The number of hydrogen-bond donors (Lipinski definition) is 1. The van der Waals surface area contributed by atoms with Crippen LogP contribution in [0.4, 0.5) is 13.2 Å². The Morgan fingerprint density at radius 1 is 1.39 bits per heavy atom. The van der Waals surface area contributed by atoms with Crippen LogP contribution < -0.4 is 5.73 Å². The summed E-state index contributed by atoms with van der Waals surface area (Å²) in [6.45, 7) is -0.353. The van der Waals surface area contributed by atoms with E-state index < -0.39 is 31.2 Å². The zero-order valence-electron chi connectivity index (χ0n) is 8.62. The molecule has 0 spiro atoms. The van der Waals surface area contributed by atoms with Gasteiger partial charge in [-0.2, -0.15) is 18.4 Å². The standard InChI is InChI=1S/C9H6ClF3N2O2S/c10-18(16,17)8-2-7(9(11,12)13)5(3-14)1-6(8)4-15/h1-2H,4,15H2. The van der Waals surface area contributed by atoms with Crippen molar-refractivity contribution in [2.24, 2.45) is 5.73 Å². The Morgan fingerprint density at radius 3 is 2.28 bits per heavy atom. The first kappa shape index (κ1) is 14.8. The summed E-state index contributed by atoms with van der Waals surface area (Å²) in [5.74, 6) is 0. The second-order valence-electron chi connectivity index (χ2n) is 3.26. The summed E-state index contributed by atoms with van der Waals surface area (Å²) in [5.41, 5.74) is 3.01. The van der Waals surface area contributed by atoms with Gasteiger partial charge in [-0.05, 0) is 17.7 Å². The molecule has 18 heavy (non-hydrogen) atoms. The van der Waals surface area contributed by atoms with E-state index in [0.717, 1.165) is 6.07 Å². The van der Waals surface area contributed by atoms with Crippen LogP contribution in [0.3, 0.4) is 0 Å². The van der Waals surface area contributed by atoms with Crippen molar-refractivity contribution in [1.82, 2.24) is 0 Å². The number of nitriles is 1. The molecule has 0 radical (unpaired) electrons. The number of alkyl halides is 3. The van der Waals surface area contributed by atoms with Gasteiger partial charge in [-0.25, -0.2) is 8.42 Å². The van der Waals surface area contributed by atoms with Crippen LogP contribution in [0.5, 0.6) is 0 Å². The molecule has 0 aliphatic heterocycles. The Hall–Kier alpha value is -1.30. The molecule has 0 saturated heterocycles. The van der Waals surface area contributed by atoms with Gasteiger partial charge in [0.25, 0.3) is 9.05 Å². The van der Waals surface area contributed by atoms with Gasteiger partial charge < -0.3 is 5.73 Å². The van der Waals surface area contributed by atoms with Crippen molar-refractivity contribution in [1.29, 1.82) is 5.26 Å². The van der Waals surface area contributed by atoms with E-state index in [1.54, 1.807) is 0 Å². The minimum atomic E-state index is -4.85. The van der Waals surface area contributed by atoms with Crippen molar-refractivity contribution in [3.05, 3.63) is 28.8 Å². The van der Waals surface area contributed by atoms with Gasteiger partial charge in [0.15, 0.2) is 0 Å². The predicted molar refractivity (Wildman–Crippen MR) is 57.1 cm³/mol. The van der Waals surface area contributed by atoms with Crippen LogP contribution in [0.1, 0.15) is 16.7 Å². The minimum absolute atomic E-state index is 0.144. The van der Waals surface area contributed by atoms with Crippen molar-refractivity contribution in [3.8, 4) is 6.07 Å². The maximum Gasteiger partial charge on any atom is 0.417 e. The van der Waals surface area contributed by atoms with E-state index in [9.17, 15) is 21.6 Å². The minimum Gasteiger partial charge on any atom is -0.326 e. The molecule has 2 N–H and O–H groups in total. The summed E-state index contributed by atoms with van der Waals surface area (Å²) in [4.78, 5) is -0.738. The molecule has 0 fully saturated rings. The second kappa shape index (κ2) is 4.76. The van der Waals surface area contributed by atoms with E-state index in [2.05, 4.69) is 0 Å². The van der Waals surface area contributed by atoms with Crippen LogP contribution in [-0.4, -0.2) is 8.42 Å².